The summed E-state index contributed by atoms with van der Waals surface area (Å²) in [4.78, 5) is 11.3. The molecule has 28 heavy (non-hydrogen) atoms. The number of ether oxygens (including phenoxy) is 2. The molecule has 2 aliphatic rings. The molecule has 4 nitrogen and oxygen atoms in total. The largest absolute Gasteiger partial charge is 0.493 e. The molecule has 4 rings (SSSR count). The number of halogens is 2. The Morgan fingerprint density at radius 1 is 1.25 bits per heavy atom. The first-order valence-electron chi connectivity index (χ1n) is 9.46. The zero-order valence-corrected chi connectivity index (χ0v) is 16.7. The molecule has 6 heteroatoms. The molecule has 0 aromatic heterocycles. The van der Waals surface area contributed by atoms with Crippen molar-refractivity contribution in [2.24, 2.45) is 17.1 Å². The zero-order valence-electron chi connectivity index (χ0n) is 15.9. The maximum atomic E-state index is 15.0. The van der Waals surface area contributed by atoms with Crippen molar-refractivity contribution < 1.29 is 18.7 Å². The standard InChI is InChI=1S/C22H23ClFNO3/c1-22(2)10-13-7-17(19(24)9-16(13)20(22)28-21(25)26)15-6-5-14(8-18(15)23)27-11-12-3-4-12/h5-9,12,20H,3-4,10-11H2,1-2H3,(H2,25,26)/t20-/m0/s1. The van der Waals surface area contributed by atoms with Gasteiger partial charge in [0.1, 0.15) is 17.7 Å². The summed E-state index contributed by atoms with van der Waals surface area (Å²) >= 11 is 6.44. The molecule has 0 unspecified atom stereocenters. The fraction of sp³-hybridized carbons (Fsp3) is 0.409. The van der Waals surface area contributed by atoms with Crippen LogP contribution in [-0.2, 0) is 11.2 Å². The Bertz CT molecular complexity index is 940. The minimum Gasteiger partial charge on any atom is -0.493 e. The van der Waals surface area contributed by atoms with Crippen LogP contribution in [-0.4, -0.2) is 12.7 Å². The summed E-state index contributed by atoms with van der Waals surface area (Å²) in [6.07, 6.45) is 1.64. The van der Waals surface area contributed by atoms with Gasteiger partial charge in [0, 0.05) is 16.5 Å². The lowest BCUT2D eigenvalue weighted by Gasteiger charge is -2.26. The lowest BCUT2D eigenvalue weighted by atomic mass is 9.87. The SMILES string of the molecule is CC1(C)Cc2cc(-c3ccc(OCC4CC4)cc3Cl)c(F)cc2[C@@H]1OC(N)=O. The summed E-state index contributed by atoms with van der Waals surface area (Å²) in [5, 5.41) is 0.439. The van der Waals surface area contributed by atoms with Gasteiger partial charge in [0.15, 0.2) is 0 Å². The summed E-state index contributed by atoms with van der Waals surface area (Å²) in [5.74, 6) is 0.924. The van der Waals surface area contributed by atoms with Crippen molar-refractivity contribution in [3.8, 4) is 16.9 Å². The topological polar surface area (TPSA) is 61.6 Å². The second-order valence-corrected chi connectivity index (χ2v) is 8.82. The van der Waals surface area contributed by atoms with E-state index < -0.39 is 18.0 Å². The van der Waals surface area contributed by atoms with E-state index in [0.717, 1.165) is 5.56 Å². The van der Waals surface area contributed by atoms with Crippen LogP contribution in [0.2, 0.25) is 5.02 Å². The predicted octanol–water partition coefficient (Wildman–Crippen LogP) is 5.65. The van der Waals surface area contributed by atoms with Crippen LogP contribution in [0.15, 0.2) is 30.3 Å². The van der Waals surface area contributed by atoms with Gasteiger partial charge < -0.3 is 15.2 Å². The van der Waals surface area contributed by atoms with Crippen molar-refractivity contribution in [3.63, 3.8) is 0 Å². The van der Waals surface area contributed by atoms with E-state index in [2.05, 4.69) is 0 Å². The molecule has 0 heterocycles. The fourth-order valence-electron chi connectivity index (χ4n) is 3.88. The van der Waals surface area contributed by atoms with Crippen LogP contribution in [0.4, 0.5) is 9.18 Å². The Balaban J connectivity index is 1.65. The number of benzene rings is 2. The number of carbonyl (C=O) groups excluding carboxylic acids is 1. The van der Waals surface area contributed by atoms with E-state index in [0.29, 0.717) is 46.4 Å². The smallest absolute Gasteiger partial charge is 0.405 e. The second-order valence-electron chi connectivity index (χ2n) is 8.41. The van der Waals surface area contributed by atoms with Gasteiger partial charge in [0.2, 0.25) is 0 Å². The third-order valence-electron chi connectivity index (χ3n) is 5.51. The summed E-state index contributed by atoms with van der Waals surface area (Å²) in [7, 11) is 0. The first-order valence-corrected chi connectivity index (χ1v) is 9.83. The summed E-state index contributed by atoms with van der Waals surface area (Å²) in [6.45, 7) is 4.63. The van der Waals surface area contributed by atoms with Gasteiger partial charge in [-0.1, -0.05) is 25.4 Å². The Labute approximate surface area is 168 Å². The highest BCUT2D eigenvalue weighted by atomic mass is 35.5. The number of hydrogen-bond donors (Lipinski definition) is 1. The van der Waals surface area contributed by atoms with Gasteiger partial charge in [-0.3, -0.25) is 0 Å². The lowest BCUT2D eigenvalue weighted by Crippen LogP contribution is -2.25. The molecule has 1 amide bonds. The molecule has 1 saturated carbocycles. The van der Waals surface area contributed by atoms with Crippen LogP contribution in [0.3, 0.4) is 0 Å². The Morgan fingerprint density at radius 3 is 2.64 bits per heavy atom. The number of amides is 1. The number of primary amides is 1. The minimum absolute atomic E-state index is 0.368. The van der Waals surface area contributed by atoms with Crippen molar-refractivity contribution in [1.29, 1.82) is 0 Å². The lowest BCUT2D eigenvalue weighted by molar-refractivity contribution is 0.0391. The minimum atomic E-state index is -0.861. The van der Waals surface area contributed by atoms with E-state index in [1.807, 2.05) is 19.9 Å². The summed E-state index contributed by atoms with van der Waals surface area (Å²) in [6, 6.07) is 8.56. The van der Waals surface area contributed by atoms with Crippen molar-refractivity contribution >= 4 is 17.7 Å². The normalized spacial score (nSPS) is 19.9. The van der Waals surface area contributed by atoms with Crippen molar-refractivity contribution in [2.45, 2.75) is 39.2 Å². The molecular formula is C22H23ClFNO3. The monoisotopic (exact) mass is 403 g/mol. The van der Waals surface area contributed by atoms with E-state index in [1.165, 1.54) is 18.9 Å². The molecule has 2 aromatic rings. The molecule has 0 radical (unpaired) electrons. The van der Waals surface area contributed by atoms with Crippen LogP contribution in [0.5, 0.6) is 5.75 Å². The molecule has 2 N–H and O–H groups in total. The maximum absolute atomic E-state index is 15.0. The third-order valence-corrected chi connectivity index (χ3v) is 5.83. The van der Waals surface area contributed by atoms with Crippen LogP contribution in [0.1, 0.15) is 43.9 Å². The van der Waals surface area contributed by atoms with Crippen molar-refractivity contribution in [3.05, 3.63) is 52.3 Å². The summed E-state index contributed by atoms with van der Waals surface area (Å²) < 4.78 is 26.0. The van der Waals surface area contributed by atoms with E-state index in [9.17, 15) is 9.18 Å². The van der Waals surface area contributed by atoms with Crippen molar-refractivity contribution in [1.82, 2.24) is 0 Å². The van der Waals surface area contributed by atoms with Crippen LogP contribution in [0.25, 0.3) is 11.1 Å². The highest BCUT2D eigenvalue weighted by Crippen LogP contribution is 2.49. The number of carbonyl (C=O) groups is 1. The Kier molecular flexibility index (Phi) is 4.74. The van der Waals surface area contributed by atoms with Crippen LogP contribution in [0, 0.1) is 17.2 Å². The zero-order chi connectivity index (χ0) is 20.1. The highest BCUT2D eigenvalue weighted by Gasteiger charge is 2.42. The van der Waals surface area contributed by atoms with E-state index in [-0.39, 0.29) is 5.41 Å². The predicted molar refractivity (Wildman–Crippen MR) is 106 cm³/mol. The maximum Gasteiger partial charge on any atom is 0.405 e. The molecule has 0 saturated heterocycles. The van der Waals surface area contributed by atoms with Crippen molar-refractivity contribution in [2.75, 3.05) is 6.61 Å². The van der Waals surface area contributed by atoms with Gasteiger partial charge in [-0.25, -0.2) is 9.18 Å². The van der Waals surface area contributed by atoms with Gasteiger partial charge in [-0.15, -0.1) is 0 Å². The fourth-order valence-corrected chi connectivity index (χ4v) is 4.16. The molecule has 1 atom stereocenters. The highest BCUT2D eigenvalue weighted by molar-refractivity contribution is 6.33. The second kappa shape index (κ2) is 6.96. The molecular weight excluding hydrogens is 381 g/mol. The van der Waals surface area contributed by atoms with Gasteiger partial charge >= 0.3 is 6.09 Å². The molecule has 0 aliphatic heterocycles. The van der Waals surface area contributed by atoms with Gasteiger partial charge in [0.05, 0.1) is 11.6 Å². The van der Waals surface area contributed by atoms with Crippen LogP contribution < -0.4 is 10.5 Å². The van der Waals surface area contributed by atoms with E-state index >= 15 is 0 Å². The number of fused-ring (bicyclic) bond motifs is 1. The molecule has 1 fully saturated rings. The molecule has 2 aliphatic carbocycles. The number of hydrogen-bond acceptors (Lipinski definition) is 3. The van der Waals surface area contributed by atoms with Crippen LogP contribution >= 0.6 is 11.6 Å². The Morgan fingerprint density at radius 2 is 2.00 bits per heavy atom. The molecule has 0 bridgehead atoms. The molecule has 2 aromatic carbocycles. The van der Waals surface area contributed by atoms with E-state index in [1.54, 1.807) is 18.2 Å². The molecule has 148 valence electrons. The quantitative estimate of drug-likeness (QED) is 0.701. The van der Waals surface area contributed by atoms with Gasteiger partial charge in [-0.05, 0) is 66.6 Å². The van der Waals surface area contributed by atoms with Gasteiger partial charge in [0.25, 0.3) is 0 Å². The first kappa shape index (κ1) is 19.1. The average molecular weight is 404 g/mol. The number of nitrogens with two attached hydrogens (primary N) is 1. The average Bonchev–Trinajstić information content (AvgIpc) is 3.40. The number of rotatable bonds is 5. The third kappa shape index (κ3) is 3.68. The summed E-state index contributed by atoms with van der Waals surface area (Å²) in [5.41, 5.74) is 7.46. The Hall–Kier alpha value is -2.27. The molecule has 0 spiro atoms. The van der Waals surface area contributed by atoms with Gasteiger partial charge in [-0.2, -0.15) is 0 Å². The first-order chi connectivity index (χ1) is 13.2. The van der Waals surface area contributed by atoms with E-state index in [4.69, 9.17) is 26.8 Å².